The topological polar surface area (TPSA) is 61.4 Å². The Kier molecular flexibility index (Phi) is 6.86. The van der Waals surface area contributed by atoms with E-state index < -0.39 is 0 Å². The number of anilines is 1. The summed E-state index contributed by atoms with van der Waals surface area (Å²) in [5.74, 6) is -0.496. The molecule has 0 aliphatic carbocycles. The summed E-state index contributed by atoms with van der Waals surface area (Å²) in [5, 5.41) is 5.79. The predicted octanol–water partition coefficient (Wildman–Crippen LogP) is 3.88. The van der Waals surface area contributed by atoms with Crippen LogP contribution in [-0.4, -0.2) is 35.8 Å². The number of nitrogens with zero attached hydrogens (tertiary/aromatic N) is 1. The van der Waals surface area contributed by atoms with Crippen LogP contribution in [0.15, 0.2) is 42.5 Å². The number of carbonyl (C=O) groups excluding carboxylic acids is 2. The van der Waals surface area contributed by atoms with Crippen molar-refractivity contribution in [3.63, 3.8) is 0 Å². The molecule has 0 saturated carbocycles. The SMILES string of the molecule is Cc1cc(C(=O)N2CCCCC2C)ccc1NCC(=O)NCc1ccccc1F. The zero-order valence-corrected chi connectivity index (χ0v) is 17.0. The highest BCUT2D eigenvalue weighted by molar-refractivity contribution is 5.95. The molecule has 0 spiro atoms. The number of carbonyl (C=O) groups is 2. The molecule has 2 aromatic carbocycles. The first-order chi connectivity index (χ1) is 14.0. The number of amides is 2. The Bertz CT molecular complexity index is 884. The lowest BCUT2D eigenvalue weighted by Gasteiger charge is -2.33. The minimum Gasteiger partial charge on any atom is -0.376 e. The summed E-state index contributed by atoms with van der Waals surface area (Å²) in [5.41, 5.74) is 2.83. The van der Waals surface area contributed by atoms with Crippen molar-refractivity contribution in [2.75, 3.05) is 18.4 Å². The zero-order chi connectivity index (χ0) is 20.8. The zero-order valence-electron chi connectivity index (χ0n) is 17.0. The highest BCUT2D eigenvalue weighted by atomic mass is 19.1. The van der Waals surface area contributed by atoms with E-state index in [0.717, 1.165) is 30.6 Å². The molecule has 5 nitrogen and oxygen atoms in total. The molecule has 1 saturated heterocycles. The van der Waals surface area contributed by atoms with Crippen molar-refractivity contribution in [3.05, 3.63) is 65.0 Å². The average Bonchev–Trinajstić information content (AvgIpc) is 2.72. The molecule has 1 aliphatic rings. The maximum atomic E-state index is 13.6. The average molecular weight is 397 g/mol. The van der Waals surface area contributed by atoms with Gasteiger partial charge in [0.25, 0.3) is 5.91 Å². The Morgan fingerprint density at radius 3 is 2.69 bits per heavy atom. The Morgan fingerprint density at radius 1 is 1.17 bits per heavy atom. The molecule has 3 rings (SSSR count). The van der Waals surface area contributed by atoms with Crippen LogP contribution in [0.25, 0.3) is 0 Å². The van der Waals surface area contributed by atoms with Crippen molar-refractivity contribution >= 4 is 17.5 Å². The molecule has 2 amide bonds. The second-order valence-corrected chi connectivity index (χ2v) is 7.59. The number of nitrogens with one attached hydrogen (secondary N) is 2. The molecule has 2 aromatic rings. The van der Waals surface area contributed by atoms with E-state index in [1.54, 1.807) is 24.3 Å². The molecule has 29 heavy (non-hydrogen) atoms. The van der Waals surface area contributed by atoms with Crippen molar-refractivity contribution < 1.29 is 14.0 Å². The van der Waals surface area contributed by atoms with Crippen molar-refractivity contribution in [3.8, 4) is 0 Å². The Morgan fingerprint density at radius 2 is 1.97 bits per heavy atom. The molecule has 1 aliphatic heterocycles. The third-order valence-electron chi connectivity index (χ3n) is 5.41. The van der Waals surface area contributed by atoms with Gasteiger partial charge in [-0.3, -0.25) is 9.59 Å². The number of hydrogen-bond donors (Lipinski definition) is 2. The first-order valence-corrected chi connectivity index (χ1v) is 10.1. The van der Waals surface area contributed by atoms with Crippen LogP contribution in [0.4, 0.5) is 10.1 Å². The smallest absolute Gasteiger partial charge is 0.254 e. The summed E-state index contributed by atoms with van der Waals surface area (Å²) in [6.45, 7) is 5.04. The first-order valence-electron chi connectivity index (χ1n) is 10.1. The minimum atomic E-state index is -0.333. The second-order valence-electron chi connectivity index (χ2n) is 7.59. The Labute approximate surface area is 171 Å². The van der Waals surface area contributed by atoms with E-state index in [0.29, 0.717) is 11.1 Å². The summed E-state index contributed by atoms with van der Waals surface area (Å²) in [6, 6.07) is 12.1. The van der Waals surface area contributed by atoms with Gasteiger partial charge >= 0.3 is 0 Å². The fourth-order valence-corrected chi connectivity index (χ4v) is 3.63. The van der Waals surface area contributed by atoms with E-state index in [4.69, 9.17) is 0 Å². The van der Waals surface area contributed by atoms with E-state index in [1.807, 2.05) is 24.0 Å². The second kappa shape index (κ2) is 9.54. The highest BCUT2D eigenvalue weighted by Gasteiger charge is 2.24. The molecule has 1 heterocycles. The molecule has 2 N–H and O–H groups in total. The maximum Gasteiger partial charge on any atom is 0.254 e. The lowest BCUT2D eigenvalue weighted by Crippen LogP contribution is -2.42. The van der Waals surface area contributed by atoms with Crippen molar-refractivity contribution in [1.82, 2.24) is 10.2 Å². The fraction of sp³-hybridized carbons (Fsp3) is 0.391. The van der Waals surface area contributed by atoms with Gasteiger partial charge in [-0.1, -0.05) is 18.2 Å². The minimum absolute atomic E-state index is 0.0643. The lowest BCUT2D eigenvalue weighted by atomic mass is 10.0. The van der Waals surface area contributed by atoms with E-state index in [-0.39, 0.29) is 36.8 Å². The molecule has 1 atom stereocenters. The summed E-state index contributed by atoms with van der Waals surface area (Å²) in [4.78, 5) is 26.8. The molecule has 1 fully saturated rings. The van der Waals surface area contributed by atoms with Gasteiger partial charge in [0.15, 0.2) is 0 Å². The van der Waals surface area contributed by atoms with Gasteiger partial charge in [-0.25, -0.2) is 4.39 Å². The molecule has 0 bridgehead atoms. The van der Waals surface area contributed by atoms with Crippen molar-refractivity contribution in [2.45, 2.75) is 45.7 Å². The monoisotopic (exact) mass is 397 g/mol. The standard InChI is InChI=1S/C23H28FN3O2/c1-16-13-18(23(29)27-12-6-5-7-17(27)2)10-11-21(16)25-15-22(28)26-14-19-8-3-4-9-20(19)24/h3-4,8-11,13,17,25H,5-7,12,14-15H2,1-2H3,(H,26,28). The van der Waals surface area contributed by atoms with E-state index in [2.05, 4.69) is 17.6 Å². The van der Waals surface area contributed by atoms with E-state index in [1.165, 1.54) is 12.5 Å². The van der Waals surface area contributed by atoms with Crippen LogP contribution in [-0.2, 0) is 11.3 Å². The summed E-state index contributed by atoms with van der Waals surface area (Å²) < 4.78 is 13.6. The molecular weight excluding hydrogens is 369 g/mol. The third kappa shape index (κ3) is 5.34. The molecule has 1 unspecified atom stereocenters. The number of aryl methyl sites for hydroxylation is 1. The summed E-state index contributed by atoms with van der Waals surface area (Å²) >= 11 is 0. The molecule has 0 radical (unpaired) electrons. The van der Waals surface area contributed by atoms with Crippen LogP contribution in [0.1, 0.15) is 47.7 Å². The van der Waals surface area contributed by atoms with Gasteiger partial charge < -0.3 is 15.5 Å². The number of halogens is 1. The van der Waals surface area contributed by atoms with Gasteiger partial charge in [0.1, 0.15) is 5.82 Å². The highest BCUT2D eigenvalue weighted by Crippen LogP contribution is 2.22. The fourth-order valence-electron chi connectivity index (χ4n) is 3.63. The van der Waals surface area contributed by atoms with Crippen molar-refractivity contribution in [1.29, 1.82) is 0 Å². The van der Waals surface area contributed by atoms with Crippen LogP contribution >= 0.6 is 0 Å². The quantitative estimate of drug-likeness (QED) is 0.778. The third-order valence-corrected chi connectivity index (χ3v) is 5.41. The lowest BCUT2D eigenvalue weighted by molar-refractivity contribution is -0.119. The van der Waals surface area contributed by atoms with Crippen LogP contribution < -0.4 is 10.6 Å². The van der Waals surface area contributed by atoms with Gasteiger partial charge in [0, 0.05) is 35.9 Å². The number of rotatable bonds is 6. The number of likely N-dealkylation sites (tertiary alicyclic amines) is 1. The van der Waals surface area contributed by atoms with Gasteiger partial charge in [-0.15, -0.1) is 0 Å². The van der Waals surface area contributed by atoms with E-state index >= 15 is 0 Å². The summed E-state index contributed by atoms with van der Waals surface area (Å²) in [7, 11) is 0. The first kappa shape index (κ1) is 20.8. The molecule has 0 aromatic heterocycles. The van der Waals surface area contributed by atoms with Gasteiger partial charge in [0.2, 0.25) is 5.91 Å². The van der Waals surface area contributed by atoms with Crippen LogP contribution in [0, 0.1) is 12.7 Å². The van der Waals surface area contributed by atoms with Gasteiger partial charge in [-0.2, -0.15) is 0 Å². The summed E-state index contributed by atoms with van der Waals surface area (Å²) in [6.07, 6.45) is 3.27. The predicted molar refractivity (Wildman–Crippen MR) is 112 cm³/mol. The largest absolute Gasteiger partial charge is 0.376 e. The van der Waals surface area contributed by atoms with Gasteiger partial charge in [0.05, 0.1) is 6.54 Å². The van der Waals surface area contributed by atoms with Crippen LogP contribution in [0.5, 0.6) is 0 Å². The molecular formula is C23H28FN3O2. The maximum absolute atomic E-state index is 13.6. The molecule has 154 valence electrons. The Balaban J connectivity index is 1.54. The van der Waals surface area contributed by atoms with Crippen LogP contribution in [0.2, 0.25) is 0 Å². The van der Waals surface area contributed by atoms with Crippen molar-refractivity contribution in [2.24, 2.45) is 0 Å². The van der Waals surface area contributed by atoms with E-state index in [9.17, 15) is 14.0 Å². The molecule has 6 heteroatoms. The number of hydrogen-bond acceptors (Lipinski definition) is 3. The van der Waals surface area contributed by atoms with Crippen LogP contribution in [0.3, 0.4) is 0 Å². The normalized spacial score (nSPS) is 16.4. The Hall–Kier alpha value is -2.89. The number of piperidine rings is 1. The number of benzene rings is 2. The van der Waals surface area contributed by atoms with Gasteiger partial charge in [-0.05, 0) is 62.9 Å².